The van der Waals surface area contributed by atoms with Crippen LogP contribution in [0.2, 0.25) is 0 Å². The van der Waals surface area contributed by atoms with E-state index in [1.807, 2.05) is 29.2 Å². The van der Waals surface area contributed by atoms with Gasteiger partial charge in [-0.1, -0.05) is 19.6 Å². The van der Waals surface area contributed by atoms with Gasteiger partial charge in [0.05, 0.1) is 16.6 Å². The molecule has 0 atom stereocenters. The first-order valence-corrected chi connectivity index (χ1v) is 12.5. The number of nitrogens with zero attached hydrogens (tertiary/aromatic N) is 5. The highest BCUT2D eigenvalue weighted by atomic mass is 16.2. The molecule has 2 saturated heterocycles. The van der Waals surface area contributed by atoms with E-state index in [0.29, 0.717) is 17.1 Å². The number of pyridine rings is 1. The van der Waals surface area contributed by atoms with Crippen molar-refractivity contribution in [3.8, 4) is 6.07 Å². The molecule has 1 aromatic carbocycles. The van der Waals surface area contributed by atoms with E-state index in [9.17, 15) is 14.9 Å². The summed E-state index contributed by atoms with van der Waals surface area (Å²) in [5.74, 6) is 1.29. The Hall–Kier alpha value is -3.60. The topological polar surface area (TPSA) is 108 Å². The molecule has 0 radical (unpaired) electrons. The number of anilines is 1. The standard InChI is InChI=1S/C27H32N6O2.CH4/c1-17-21(15-19-7-11-31(12-8-19)18(2)34)22(16-28)26-30-23-5-3-4-6-24(23)33(26)27(17)32-13-9-20(10-14-32)25(29)35;/h3-6,19-20H,7-15H2,1-2H3,(H2,29,35);1H4. The zero-order valence-electron chi connectivity index (χ0n) is 20.5. The Kier molecular flexibility index (Phi) is 7.21. The molecule has 0 aliphatic carbocycles. The SMILES string of the molecule is C.CC(=O)N1CCC(Cc2c(C)c(N3CCC(C(N)=O)CC3)n3c(nc4ccccc43)c2C#N)CC1. The number of carbonyl (C=O) groups excluding carboxylic acids is 2. The smallest absolute Gasteiger partial charge is 0.220 e. The van der Waals surface area contributed by atoms with Crippen molar-refractivity contribution in [2.75, 3.05) is 31.1 Å². The lowest BCUT2D eigenvalue weighted by atomic mass is 9.86. The van der Waals surface area contributed by atoms with Gasteiger partial charge in [0.15, 0.2) is 5.65 Å². The number of fused-ring (bicyclic) bond motifs is 3. The van der Waals surface area contributed by atoms with Crippen molar-refractivity contribution in [2.45, 2.75) is 53.4 Å². The largest absolute Gasteiger partial charge is 0.369 e. The predicted molar refractivity (Wildman–Crippen MR) is 142 cm³/mol. The maximum atomic E-state index is 11.8. The van der Waals surface area contributed by atoms with Crippen molar-refractivity contribution < 1.29 is 9.59 Å². The Bertz CT molecular complexity index is 1340. The summed E-state index contributed by atoms with van der Waals surface area (Å²) in [5, 5.41) is 10.3. The average Bonchev–Trinajstić information content (AvgIpc) is 3.24. The van der Waals surface area contributed by atoms with E-state index in [2.05, 4.69) is 22.3 Å². The third kappa shape index (κ3) is 4.39. The van der Waals surface area contributed by atoms with Crippen molar-refractivity contribution in [1.29, 1.82) is 5.26 Å². The zero-order valence-corrected chi connectivity index (χ0v) is 20.5. The van der Waals surface area contributed by atoms with Crippen LogP contribution in [0.5, 0.6) is 0 Å². The highest BCUT2D eigenvalue weighted by Crippen LogP contribution is 2.37. The van der Waals surface area contributed by atoms with Crippen LogP contribution in [0.3, 0.4) is 0 Å². The maximum Gasteiger partial charge on any atom is 0.220 e. The first-order valence-electron chi connectivity index (χ1n) is 12.5. The minimum absolute atomic E-state index is 0. The summed E-state index contributed by atoms with van der Waals surface area (Å²) in [6, 6.07) is 10.5. The van der Waals surface area contributed by atoms with Gasteiger partial charge in [-0.3, -0.25) is 14.0 Å². The third-order valence-corrected chi connectivity index (χ3v) is 7.95. The van der Waals surface area contributed by atoms with Gasteiger partial charge in [0.25, 0.3) is 0 Å². The van der Waals surface area contributed by atoms with Crippen LogP contribution in [0.25, 0.3) is 16.7 Å². The van der Waals surface area contributed by atoms with Gasteiger partial charge in [0.2, 0.25) is 11.8 Å². The van der Waals surface area contributed by atoms with Gasteiger partial charge < -0.3 is 15.5 Å². The van der Waals surface area contributed by atoms with Crippen molar-refractivity contribution in [3.63, 3.8) is 0 Å². The summed E-state index contributed by atoms with van der Waals surface area (Å²) < 4.78 is 2.13. The Morgan fingerprint density at radius 2 is 1.78 bits per heavy atom. The number of para-hydroxylation sites is 2. The van der Waals surface area contributed by atoms with Gasteiger partial charge in [-0.2, -0.15) is 5.26 Å². The Morgan fingerprint density at radius 3 is 2.39 bits per heavy atom. The number of nitriles is 1. The molecular weight excluding hydrogens is 452 g/mol. The number of benzene rings is 1. The third-order valence-electron chi connectivity index (χ3n) is 7.95. The maximum absolute atomic E-state index is 11.8. The van der Waals surface area contributed by atoms with E-state index < -0.39 is 0 Å². The minimum atomic E-state index is -0.225. The van der Waals surface area contributed by atoms with Crippen molar-refractivity contribution >= 4 is 34.3 Å². The summed E-state index contributed by atoms with van der Waals surface area (Å²) in [5.41, 5.74) is 10.9. The fourth-order valence-corrected chi connectivity index (χ4v) is 5.90. The number of imidazole rings is 1. The van der Waals surface area contributed by atoms with Crippen molar-refractivity contribution in [3.05, 3.63) is 41.0 Å². The molecule has 0 bridgehead atoms. The fraction of sp³-hybridized carbons (Fsp3) is 0.500. The van der Waals surface area contributed by atoms with Crippen LogP contribution < -0.4 is 10.6 Å². The highest BCUT2D eigenvalue weighted by molar-refractivity contribution is 5.86. The summed E-state index contributed by atoms with van der Waals surface area (Å²) in [7, 11) is 0. The lowest BCUT2D eigenvalue weighted by molar-refractivity contribution is -0.130. The number of primary amides is 1. The van der Waals surface area contributed by atoms with Gasteiger partial charge in [-0.15, -0.1) is 0 Å². The van der Waals surface area contributed by atoms with E-state index in [4.69, 9.17) is 10.7 Å². The van der Waals surface area contributed by atoms with Crippen LogP contribution in [-0.2, 0) is 16.0 Å². The molecule has 190 valence electrons. The molecule has 2 aliphatic heterocycles. The summed E-state index contributed by atoms with van der Waals surface area (Å²) in [6.45, 7) is 6.75. The minimum Gasteiger partial charge on any atom is -0.369 e. The van der Waals surface area contributed by atoms with Gasteiger partial charge in [0, 0.05) is 39.0 Å². The molecule has 36 heavy (non-hydrogen) atoms. The Balaban J connectivity index is 0.00000304. The van der Waals surface area contributed by atoms with Gasteiger partial charge in [-0.25, -0.2) is 4.98 Å². The zero-order chi connectivity index (χ0) is 24.7. The number of rotatable bonds is 4. The lowest BCUT2D eigenvalue weighted by Crippen LogP contribution is -2.40. The van der Waals surface area contributed by atoms with E-state index in [0.717, 1.165) is 86.3 Å². The van der Waals surface area contributed by atoms with Crippen molar-refractivity contribution in [1.82, 2.24) is 14.3 Å². The number of hydrogen-bond acceptors (Lipinski definition) is 5. The molecule has 0 unspecified atom stereocenters. The Labute approximate surface area is 212 Å². The first kappa shape index (κ1) is 25.5. The quantitative estimate of drug-likeness (QED) is 0.601. The van der Waals surface area contributed by atoms with E-state index in [1.54, 1.807) is 6.92 Å². The van der Waals surface area contributed by atoms with Gasteiger partial charge in [-0.05, 0) is 68.2 Å². The number of piperidine rings is 2. The number of nitrogens with two attached hydrogens (primary N) is 1. The molecule has 0 saturated carbocycles. The highest BCUT2D eigenvalue weighted by Gasteiger charge is 2.30. The summed E-state index contributed by atoms with van der Waals surface area (Å²) in [6.07, 6.45) is 4.12. The van der Waals surface area contributed by atoms with Crippen molar-refractivity contribution in [2.24, 2.45) is 17.6 Å². The van der Waals surface area contributed by atoms with E-state index in [1.165, 1.54) is 0 Å². The lowest BCUT2D eigenvalue weighted by Gasteiger charge is -2.35. The molecule has 2 aromatic heterocycles. The average molecular weight is 489 g/mol. The molecular formula is C28H36N6O2. The normalized spacial score (nSPS) is 17.2. The van der Waals surface area contributed by atoms with Crippen LogP contribution in [0, 0.1) is 30.1 Å². The molecule has 4 heterocycles. The number of aromatic nitrogens is 2. The molecule has 2 amide bonds. The van der Waals surface area contributed by atoms with Gasteiger partial charge >= 0.3 is 0 Å². The van der Waals surface area contributed by atoms with Crippen LogP contribution in [0.4, 0.5) is 5.82 Å². The molecule has 2 fully saturated rings. The number of carbonyl (C=O) groups is 2. The molecule has 8 nitrogen and oxygen atoms in total. The first-order chi connectivity index (χ1) is 16.9. The number of likely N-dealkylation sites (tertiary alicyclic amines) is 1. The molecule has 2 aliphatic rings. The van der Waals surface area contributed by atoms with Crippen LogP contribution >= 0.6 is 0 Å². The second-order valence-corrected chi connectivity index (χ2v) is 9.99. The number of hydrogen-bond donors (Lipinski definition) is 1. The van der Waals surface area contributed by atoms with E-state index >= 15 is 0 Å². The molecule has 5 rings (SSSR count). The molecule has 2 N–H and O–H groups in total. The van der Waals surface area contributed by atoms with Crippen LogP contribution in [0.15, 0.2) is 24.3 Å². The van der Waals surface area contributed by atoms with Gasteiger partial charge in [0.1, 0.15) is 11.9 Å². The number of amides is 2. The Morgan fingerprint density at radius 1 is 1.11 bits per heavy atom. The molecule has 0 spiro atoms. The summed E-state index contributed by atoms with van der Waals surface area (Å²) in [4.78, 5) is 32.7. The molecule has 8 heteroatoms. The second-order valence-electron chi connectivity index (χ2n) is 9.99. The fourth-order valence-electron chi connectivity index (χ4n) is 5.90. The second kappa shape index (κ2) is 10.2. The summed E-state index contributed by atoms with van der Waals surface area (Å²) >= 11 is 0. The van der Waals surface area contributed by atoms with E-state index in [-0.39, 0.29) is 25.2 Å². The molecule has 3 aromatic rings. The monoisotopic (exact) mass is 488 g/mol. The van der Waals surface area contributed by atoms with Crippen LogP contribution in [-0.4, -0.2) is 52.3 Å². The predicted octanol–water partition coefficient (Wildman–Crippen LogP) is 3.81. The van der Waals surface area contributed by atoms with Crippen LogP contribution in [0.1, 0.15) is 56.7 Å².